The smallest absolute Gasteiger partial charge is 0.255 e. The van der Waals surface area contributed by atoms with Crippen LogP contribution in [0.25, 0.3) is 0 Å². The minimum Gasteiger partial charge on any atom is -0.349 e. The number of rotatable bonds is 6. The standard InChI is InChI=1S/C19H20N2O3S/c1-25(24)12-13-5-4-6-14(11-13)18(22)21-17-8-3-2-7-16(17)19(23)20-15-9-10-15/h2-8,11,15H,9-10,12H2,1H3,(H,20,23)(H,21,22). The third kappa shape index (κ3) is 4.76. The zero-order valence-corrected chi connectivity index (χ0v) is 14.8. The van der Waals surface area contributed by atoms with Crippen molar-refractivity contribution in [2.75, 3.05) is 11.6 Å². The number of amides is 2. The van der Waals surface area contributed by atoms with Gasteiger partial charge in [-0.3, -0.25) is 13.8 Å². The largest absolute Gasteiger partial charge is 0.349 e. The highest BCUT2D eigenvalue weighted by molar-refractivity contribution is 7.83. The monoisotopic (exact) mass is 356 g/mol. The molecule has 0 aromatic heterocycles. The molecule has 1 aliphatic carbocycles. The zero-order chi connectivity index (χ0) is 17.8. The molecule has 1 atom stereocenters. The van der Waals surface area contributed by atoms with Crippen LogP contribution in [0.15, 0.2) is 48.5 Å². The van der Waals surface area contributed by atoms with Crippen molar-refractivity contribution < 1.29 is 13.8 Å². The molecule has 2 aromatic carbocycles. The van der Waals surface area contributed by atoms with Gasteiger partial charge in [-0.2, -0.15) is 0 Å². The Balaban J connectivity index is 1.76. The van der Waals surface area contributed by atoms with E-state index in [-0.39, 0.29) is 17.9 Å². The van der Waals surface area contributed by atoms with Crippen LogP contribution >= 0.6 is 0 Å². The third-order valence-electron chi connectivity index (χ3n) is 3.89. The summed E-state index contributed by atoms with van der Waals surface area (Å²) in [5.41, 5.74) is 2.25. The SMILES string of the molecule is CS(=O)Cc1cccc(C(=O)Nc2ccccc2C(=O)NC2CC2)c1. The molecule has 0 saturated heterocycles. The summed E-state index contributed by atoms with van der Waals surface area (Å²) in [5, 5.41) is 5.74. The molecule has 2 amide bonds. The van der Waals surface area contributed by atoms with E-state index in [1.54, 1.807) is 48.7 Å². The summed E-state index contributed by atoms with van der Waals surface area (Å²) >= 11 is 0. The Kier molecular flexibility index (Phi) is 5.28. The van der Waals surface area contributed by atoms with E-state index in [4.69, 9.17) is 0 Å². The Labute approximate surface area is 149 Å². The molecule has 3 rings (SSSR count). The number of carbonyl (C=O) groups is 2. The first kappa shape index (κ1) is 17.4. The second-order valence-corrected chi connectivity index (χ2v) is 7.60. The summed E-state index contributed by atoms with van der Waals surface area (Å²) < 4.78 is 11.4. The maximum atomic E-state index is 12.5. The minimum atomic E-state index is -0.970. The lowest BCUT2D eigenvalue weighted by atomic mass is 10.1. The third-order valence-corrected chi connectivity index (χ3v) is 4.63. The van der Waals surface area contributed by atoms with E-state index in [2.05, 4.69) is 10.6 Å². The van der Waals surface area contributed by atoms with E-state index in [0.29, 0.717) is 22.6 Å². The first-order valence-corrected chi connectivity index (χ1v) is 9.86. The van der Waals surface area contributed by atoms with Crippen LogP contribution in [-0.2, 0) is 16.6 Å². The molecular formula is C19H20N2O3S. The number of anilines is 1. The molecule has 2 aromatic rings. The molecule has 1 aliphatic rings. The fourth-order valence-corrected chi connectivity index (χ4v) is 3.16. The molecule has 0 spiro atoms. The lowest BCUT2D eigenvalue weighted by Gasteiger charge is -2.11. The molecule has 130 valence electrons. The summed E-state index contributed by atoms with van der Waals surface area (Å²) in [6, 6.07) is 14.2. The van der Waals surface area contributed by atoms with Crippen LogP contribution in [-0.4, -0.2) is 28.3 Å². The fourth-order valence-electron chi connectivity index (χ4n) is 2.51. The van der Waals surface area contributed by atoms with Gasteiger partial charge >= 0.3 is 0 Å². The van der Waals surface area contributed by atoms with Crippen molar-refractivity contribution in [2.24, 2.45) is 0 Å². The van der Waals surface area contributed by atoms with E-state index in [1.165, 1.54) is 0 Å². The van der Waals surface area contributed by atoms with Crippen LogP contribution in [0.1, 0.15) is 39.1 Å². The van der Waals surface area contributed by atoms with Gasteiger partial charge in [0.1, 0.15) is 0 Å². The Morgan fingerprint density at radius 3 is 2.56 bits per heavy atom. The lowest BCUT2D eigenvalue weighted by molar-refractivity contribution is 0.0952. The molecule has 0 aliphatic heterocycles. The van der Waals surface area contributed by atoms with Crippen molar-refractivity contribution in [3.63, 3.8) is 0 Å². The van der Waals surface area contributed by atoms with Gasteiger partial charge in [0.15, 0.2) is 0 Å². The van der Waals surface area contributed by atoms with Crippen molar-refractivity contribution >= 4 is 28.3 Å². The molecule has 5 nitrogen and oxygen atoms in total. The highest BCUT2D eigenvalue weighted by Gasteiger charge is 2.25. The van der Waals surface area contributed by atoms with Gasteiger partial charge in [-0.15, -0.1) is 0 Å². The van der Waals surface area contributed by atoms with Crippen LogP contribution in [0.2, 0.25) is 0 Å². The van der Waals surface area contributed by atoms with Gasteiger partial charge < -0.3 is 10.6 Å². The maximum absolute atomic E-state index is 12.5. The molecule has 2 N–H and O–H groups in total. The molecule has 1 unspecified atom stereocenters. The first-order chi connectivity index (χ1) is 12.0. The summed E-state index contributed by atoms with van der Waals surface area (Å²) in [5.74, 6) is -0.0643. The Morgan fingerprint density at radius 1 is 1.08 bits per heavy atom. The highest BCUT2D eigenvalue weighted by Crippen LogP contribution is 2.22. The van der Waals surface area contributed by atoms with Gasteiger partial charge in [-0.05, 0) is 42.7 Å². The molecule has 25 heavy (non-hydrogen) atoms. The lowest BCUT2D eigenvalue weighted by Crippen LogP contribution is -2.27. The van der Waals surface area contributed by atoms with E-state index < -0.39 is 10.8 Å². The van der Waals surface area contributed by atoms with Gasteiger partial charge in [-0.1, -0.05) is 24.3 Å². The average molecular weight is 356 g/mol. The van der Waals surface area contributed by atoms with Gasteiger partial charge in [0.2, 0.25) is 0 Å². The number of para-hydroxylation sites is 1. The quantitative estimate of drug-likeness (QED) is 0.836. The zero-order valence-electron chi connectivity index (χ0n) is 14.0. The summed E-state index contributed by atoms with van der Waals surface area (Å²) in [6.45, 7) is 0. The van der Waals surface area contributed by atoms with Crippen LogP contribution in [0.3, 0.4) is 0 Å². The molecule has 6 heteroatoms. The Hall–Kier alpha value is -2.47. The Morgan fingerprint density at radius 2 is 1.84 bits per heavy atom. The average Bonchev–Trinajstić information content (AvgIpc) is 3.39. The maximum Gasteiger partial charge on any atom is 0.255 e. The van der Waals surface area contributed by atoms with E-state index >= 15 is 0 Å². The first-order valence-electron chi connectivity index (χ1n) is 8.13. The van der Waals surface area contributed by atoms with Crippen molar-refractivity contribution in [3.05, 3.63) is 65.2 Å². The predicted octanol–water partition coefficient (Wildman–Crippen LogP) is 2.71. The number of nitrogens with one attached hydrogen (secondary N) is 2. The number of benzene rings is 2. The summed E-state index contributed by atoms with van der Waals surface area (Å²) in [7, 11) is -0.970. The second-order valence-electron chi connectivity index (χ2n) is 6.17. The molecular weight excluding hydrogens is 336 g/mol. The van der Waals surface area contributed by atoms with Gasteiger partial charge in [0.25, 0.3) is 11.8 Å². The molecule has 1 fully saturated rings. The van der Waals surface area contributed by atoms with Gasteiger partial charge in [0.05, 0.1) is 11.3 Å². The van der Waals surface area contributed by atoms with Crippen LogP contribution in [0.5, 0.6) is 0 Å². The molecule has 1 saturated carbocycles. The Bertz CT molecular complexity index is 831. The second kappa shape index (κ2) is 7.61. The van der Waals surface area contributed by atoms with Crippen LogP contribution in [0.4, 0.5) is 5.69 Å². The van der Waals surface area contributed by atoms with Crippen LogP contribution < -0.4 is 10.6 Å². The number of hydrogen-bond donors (Lipinski definition) is 2. The van der Waals surface area contributed by atoms with Gasteiger partial charge in [-0.25, -0.2) is 0 Å². The fraction of sp³-hybridized carbons (Fsp3) is 0.263. The normalized spacial score (nSPS) is 14.6. The summed E-state index contributed by atoms with van der Waals surface area (Å²) in [6.07, 6.45) is 3.64. The summed E-state index contributed by atoms with van der Waals surface area (Å²) in [4.78, 5) is 24.9. The number of hydrogen-bond acceptors (Lipinski definition) is 3. The van der Waals surface area contributed by atoms with Crippen molar-refractivity contribution in [1.82, 2.24) is 5.32 Å². The van der Waals surface area contributed by atoms with Crippen molar-refractivity contribution in [3.8, 4) is 0 Å². The predicted molar refractivity (Wildman–Crippen MR) is 99.1 cm³/mol. The minimum absolute atomic E-state index is 0.173. The van der Waals surface area contributed by atoms with Gasteiger partial charge in [0, 0.05) is 34.4 Å². The van der Waals surface area contributed by atoms with Crippen molar-refractivity contribution in [2.45, 2.75) is 24.6 Å². The molecule has 0 bridgehead atoms. The van der Waals surface area contributed by atoms with E-state index in [1.807, 2.05) is 6.07 Å². The van der Waals surface area contributed by atoms with E-state index in [9.17, 15) is 13.8 Å². The highest BCUT2D eigenvalue weighted by atomic mass is 32.2. The molecule has 0 radical (unpaired) electrons. The number of carbonyl (C=O) groups excluding carboxylic acids is 2. The molecule has 0 heterocycles. The topological polar surface area (TPSA) is 75.3 Å². The van der Waals surface area contributed by atoms with Crippen LogP contribution in [0, 0.1) is 0 Å². The van der Waals surface area contributed by atoms with Crippen molar-refractivity contribution in [1.29, 1.82) is 0 Å². The van der Waals surface area contributed by atoms with E-state index in [0.717, 1.165) is 18.4 Å².